The average Bonchev–Trinajstić information content (AvgIpc) is 2.80. The third-order valence-corrected chi connectivity index (χ3v) is 3.79. The van der Waals surface area contributed by atoms with E-state index in [9.17, 15) is 9.90 Å². The molecule has 1 aliphatic rings. The molecule has 0 saturated heterocycles. The summed E-state index contributed by atoms with van der Waals surface area (Å²) in [6.07, 6.45) is 14.3. The highest BCUT2D eigenvalue weighted by Gasteiger charge is 2.34. The maximum atomic E-state index is 11.0. The predicted octanol–water partition coefficient (Wildman–Crippen LogP) is 1.31. The number of aliphatic carboxylic acids is 1. The van der Waals surface area contributed by atoms with Gasteiger partial charge in [-0.2, -0.15) is 0 Å². The van der Waals surface area contributed by atoms with Gasteiger partial charge in [-0.15, -0.1) is 0 Å². The standard InChI is InChI=1S/C16H27N3O2/c1-2-3-4-5-6-7-8-9-15-18-11-13-19(15,12-10-17)14-16(20)21/h2-3,11,13H,4-10,12,14,17H2,1H3/b3-2+. The Hall–Kier alpha value is -1.46. The van der Waals surface area contributed by atoms with Crippen molar-refractivity contribution in [2.75, 3.05) is 19.6 Å². The second-order valence-electron chi connectivity index (χ2n) is 5.44. The van der Waals surface area contributed by atoms with E-state index in [-0.39, 0.29) is 11.0 Å². The zero-order valence-corrected chi connectivity index (χ0v) is 13.0. The van der Waals surface area contributed by atoms with Crippen molar-refractivity contribution in [1.82, 2.24) is 0 Å². The van der Waals surface area contributed by atoms with E-state index in [2.05, 4.69) is 17.1 Å². The number of amidine groups is 1. The first-order valence-electron chi connectivity index (χ1n) is 7.77. The number of carboxylic acid groups (broad SMARTS) is 1. The third-order valence-electron chi connectivity index (χ3n) is 3.79. The smallest absolute Gasteiger partial charge is 0.207 e. The van der Waals surface area contributed by atoms with Gasteiger partial charge in [0.15, 0.2) is 0 Å². The second-order valence-corrected chi connectivity index (χ2v) is 5.44. The molecule has 1 rings (SSSR count). The normalized spacial score (nSPS) is 21.1. The molecular weight excluding hydrogens is 266 g/mol. The van der Waals surface area contributed by atoms with Crippen LogP contribution in [0.2, 0.25) is 0 Å². The number of carbonyl (C=O) groups is 1. The third kappa shape index (κ3) is 5.81. The lowest BCUT2D eigenvalue weighted by atomic mass is 10.1. The van der Waals surface area contributed by atoms with Crippen molar-refractivity contribution in [2.24, 2.45) is 10.7 Å². The van der Waals surface area contributed by atoms with Crippen molar-refractivity contribution < 1.29 is 14.4 Å². The molecule has 0 aromatic rings. The van der Waals surface area contributed by atoms with Gasteiger partial charge in [0.2, 0.25) is 5.84 Å². The van der Waals surface area contributed by atoms with Gasteiger partial charge in [-0.3, -0.25) is 0 Å². The van der Waals surface area contributed by atoms with Crippen molar-refractivity contribution in [1.29, 1.82) is 0 Å². The largest absolute Gasteiger partial charge is 0.544 e. The van der Waals surface area contributed by atoms with Crippen LogP contribution < -0.4 is 10.8 Å². The average molecular weight is 293 g/mol. The molecule has 0 radical (unpaired) electrons. The number of hydrogen-bond acceptors (Lipinski definition) is 4. The van der Waals surface area contributed by atoms with E-state index in [0.717, 1.165) is 31.5 Å². The molecule has 1 heterocycles. The molecule has 0 aliphatic carbocycles. The molecule has 1 aliphatic heterocycles. The summed E-state index contributed by atoms with van der Waals surface area (Å²) in [5.74, 6) is -0.160. The highest BCUT2D eigenvalue weighted by Crippen LogP contribution is 2.20. The highest BCUT2D eigenvalue weighted by molar-refractivity contribution is 5.80. The van der Waals surface area contributed by atoms with E-state index in [4.69, 9.17) is 5.73 Å². The number of allylic oxidation sites excluding steroid dienone is 2. The summed E-state index contributed by atoms with van der Waals surface area (Å²) in [6, 6.07) is 0. The van der Waals surface area contributed by atoms with E-state index < -0.39 is 5.97 Å². The fraction of sp³-hybridized carbons (Fsp3) is 0.625. The van der Waals surface area contributed by atoms with Crippen molar-refractivity contribution in [3.63, 3.8) is 0 Å². The maximum Gasteiger partial charge on any atom is 0.207 e. The first-order valence-corrected chi connectivity index (χ1v) is 7.77. The van der Waals surface area contributed by atoms with Crippen LogP contribution in [-0.4, -0.2) is 35.9 Å². The zero-order valence-electron chi connectivity index (χ0n) is 13.0. The van der Waals surface area contributed by atoms with E-state index in [1.54, 1.807) is 6.20 Å². The Kier molecular flexibility index (Phi) is 7.93. The van der Waals surface area contributed by atoms with Gasteiger partial charge in [0, 0.05) is 13.0 Å². The SMILES string of the molecule is C/C=C/CCCCCCC1=NC=C[N+]1(CCN)CC(=O)[O-]. The molecule has 0 aromatic carbocycles. The van der Waals surface area contributed by atoms with Crippen molar-refractivity contribution in [3.8, 4) is 0 Å². The minimum atomic E-state index is -1.06. The molecule has 1 unspecified atom stereocenters. The lowest BCUT2D eigenvalue weighted by Gasteiger charge is -2.32. The Labute approximate surface area is 127 Å². The summed E-state index contributed by atoms with van der Waals surface area (Å²) in [5, 5.41) is 11.0. The summed E-state index contributed by atoms with van der Waals surface area (Å²) in [5.41, 5.74) is 5.63. The van der Waals surface area contributed by atoms with Gasteiger partial charge in [-0.25, -0.2) is 9.48 Å². The topological polar surface area (TPSA) is 78.5 Å². The van der Waals surface area contributed by atoms with Gasteiger partial charge < -0.3 is 15.6 Å². The van der Waals surface area contributed by atoms with Crippen LogP contribution in [0, 0.1) is 0 Å². The van der Waals surface area contributed by atoms with Crippen LogP contribution in [-0.2, 0) is 4.79 Å². The van der Waals surface area contributed by atoms with Gasteiger partial charge in [-0.1, -0.05) is 25.0 Å². The molecule has 5 heteroatoms. The number of aliphatic imine (C=N–C) groups is 1. The fourth-order valence-corrected chi connectivity index (χ4v) is 2.69. The number of carboxylic acids is 1. The predicted molar refractivity (Wildman–Crippen MR) is 83.1 cm³/mol. The first-order chi connectivity index (χ1) is 10.1. The van der Waals surface area contributed by atoms with Crippen molar-refractivity contribution in [3.05, 3.63) is 24.6 Å². The molecule has 0 amide bonds. The number of rotatable bonds is 11. The van der Waals surface area contributed by atoms with Crippen molar-refractivity contribution in [2.45, 2.75) is 45.4 Å². The maximum absolute atomic E-state index is 11.0. The number of carbonyl (C=O) groups excluding carboxylic acids is 1. The Balaban J connectivity index is 2.40. The lowest BCUT2D eigenvalue weighted by molar-refractivity contribution is -0.780. The van der Waals surface area contributed by atoms with Gasteiger partial charge in [0.25, 0.3) is 0 Å². The second kappa shape index (κ2) is 9.47. The molecule has 0 spiro atoms. The Morgan fingerprint density at radius 3 is 2.81 bits per heavy atom. The summed E-state index contributed by atoms with van der Waals surface area (Å²) < 4.78 is 0.234. The van der Waals surface area contributed by atoms with Gasteiger partial charge >= 0.3 is 0 Å². The molecule has 5 nitrogen and oxygen atoms in total. The fourth-order valence-electron chi connectivity index (χ4n) is 2.69. The monoisotopic (exact) mass is 293 g/mol. The minimum Gasteiger partial charge on any atom is -0.544 e. The summed E-state index contributed by atoms with van der Waals surface area (Å²) in [7, 11) is 0. The molecule has 118 valence electrons. The first kappa shape index (κ1) is 17.6. The van der Waals surface area contributed by atoms with E-state index in [0.29, 0.717) is 13.1 Å². The quantitative estimate of drug-likeness (QED) is 0.354. The van der Waals surface area contributed by atoms with Crippen LogP contribution >= 0.6 is 0 Å². The summed E-state index contributed by atoms with van der Waals surface area (Å²) in [4.78, 5) is 15.4. The Bertz CT molecular complexity index is 416. The number of unbranched alkanes of at least 4 members (excludes halogenated alkanes) is 4. The highest BCUT2D eigenvalue weighted by atomic mass is 16.4. The van der Waals surface area contributed by atoms with Crippen LogP contribution in [0.3, 0.4) is 0 Å². The van der Waals surface area contributed by atoms with Gasteiger partial charge in [0.1, 0.15) is 19.3 Å². The summed E-state index contributed by atoms with van der Waals surface area (Å²) in [6.45, 7) is 2.95. The summed E-state index contributed by atoms with van der Waals surface area (Å²) >= 11 is 0. The van der Waals surface area contributed by atoms with Crippen LogP contribution in [0.1, 0.15) is 45.4 Å². The molecule has 1 atom stereocenters. The number of nitrogens with two attached hydrogens (primary N) is 1. The Morgan fingerprint density at radius 1 is 1.38 bits per heavy atom. The molecule has 21 heavy (non-hydrogen) atoms. The van der Waals surface area contributed by atoms with Crippen LogP contribution in [0.5, 0.6) is 0 Å². The van der Waals surface area contributed by atoms with Crippen molar-refractivity contribution >= 4 is 11.8 Å². The number of hydrogen-bond donors (Lipinski definition) is 1. The lowest BCUT2D eigenvalue weighted by Crippen LogP contribution is -2.55. The minimum absolute atomic E-state index is 0.0756. The van der Waals surface area contributed by atoms with Crippen LogP contribution in [0.4, 0.5) is 0 Å². The van der Waals surface area contributed by atoms with E-state index in [1.807, 2.05) is 13.1 Å². The molecule has 0 saturated carbocycles. The molecule has 2 N–H and O–H groups in total. The molecule has 0 bridgehead atoms. The van der Waals surface area contributed by atoms with Gasteiger partial charge in [0.05, 0.1) is 12.2 Å². The van der Waals surface area contributed by atoms with E-state index >= 15 is 0 Å². The van der Waals surface area contributed by atoms with Crippen LogP contribution in [0.15, 0.2) is 29.5 Å². The van der Waals surface area contributed by atoms with E-state index in [1.165, 1.54) is 12.8 Å². The molecule has 0 fully saturated rings. The zero-order chi connectivity index (χ0) is 15.6. The number of quaternary nitrogens is 1. The molecular formula is C16H27N3O2. The van der Waals surface area contributed by atoms with Gasteiger partial charge in [-0.05, 0) is 26.2 Å². The Morgan fingerprint density at radius 2 is 2.14 bits per heavy atom. The number of nitrogens with zero attached hydrogens (tertiary/aromatic N) is 2. The molecule has 0 aromatic heterocycles. The van der Waals surface area contributed by atoms with Crippen LogP contribution in [0.25, 0.3) is 0 Å².